The Labute approximate surface area is 198 Å². The molecule has 1 unspecified atom stereocenters. The van der Waals surface area contributed by atoms with Gasteiger partial charge in [-0.3, -0.25) is 14.2 Å². The molecule has 2 aromatic carbocycles. The van der Waals surface area contributed by atoms with Crippen molar-refractivity contribution in [2.75, 3.05) is 7.11 Å². The standard InChI is InChI=1S/C23H24BrIN2O3/c1-4-13(10-21(26)28)22-16-11-20(30-3)17(25)12-19(16)27(18(22)5-2)23(29)14-6-8-15(24)9-7-14/h6-9,11-13H,4-5,10H2,1-3H3,(H2,26,28). The van der Waals surface area contributed by atoms with Gasteiger partial charge in [0.05, 0.1) is 16.2 Å². The van der Waals surface area contributed by atoms with E-state index in [1.807, 2.05) is 50.2 Å². The highest BCUT2D eigenvalue weighted by molar-refractivity contribution is 14.1. The van der Waals surface area contributed by atoms with E-state index in [9.17, 15) is 9.59 Å². The van der Waals surface area contributed by atoms with Crippen molar-refractivity contribution >= 4 is 61.2 Å². The summed E-state index contributed by atoms with van der Waals surface area (Å²) >= 11 is 5.64. The normalized spacial score (nSPS) is 12.2. The van der Waals surface area contributed by atoms with Crippen molar-refractivity contribution in [3.05, 3.63) is 61.3 Å². The van der Waals surface area contributed by atoms with Gasteiger partial charge in [-0.05, 0) is 83.3 Å². The van der Waals surface area contributed by atoms with E-state index >= 15 is 0 Å². The number of aromatic nitrogens is 1. The molecule has 0 aliphatic rings. The summed E-state index contributed by atoms with van der Waals surface area (Å²) in [5.41, 5.74) is 8.90. The van der Waals surface area contributed by atoms with Crippen molar-refractivity contribution in [2.24, 2.45) is 5.73 Å². The minimum Gasteiger partial charge on any atom is -0.496 e. The zero-order valence-electron chi connectivity index (χ0n) is 17.2. The van der Waals surface area contributed by atoms with Crippen LogP contribution < -0.4 is 10.5 Å². The summed E-state index contributed by atoms with van der Waals surface area (Å²) in [4.78, 5) is 25.4. The van der Waals surface area contributed by atoms with Crippen LogP contribution in [0.4, 0.5) is 0 Å². The van der Waals surface area contributed by atoms with Gasteiger partial charge in [0.15, 0.2) is 0 Å². The van der Waals surface area contributed by atoms with Gasteiger partial charge in [0.25, 0.3) is 5.91 Å². The van der Waals surface area contributed by atoms with Crippen molar-refractivity contribution < 1.29 is 14.3 Å². The maximum absolute atomic E-state index is 13.6. The van der Waals surface area contributed by atoms with E-state index in [1.54, 1.807) is 11.7 Å². The van der Waals surface area contributed by atoms with Crippen LogP contribution in [0.25, 0.3) is 10.9 Å². The maximum Gasteiger partial charge on any atom is 0.262 e. The number of fused-ring (bicyclic) bond motifs is 1. The van der Waals surface area contributed by atoms with Crippen LogP contribution in [0.1, 0.15) is 54.2 Å². The van der Waals surface area contributed by atoms with E-state index < -0.39 is 0 Å². The molecule has 158 valence electrons. The first-order valence-corrected chi connectivity index (χ1v) is 11.7. The summed E-state index contributed by atoms with van der Waals surface area (Å²) in [5.74, 6) is 0.241. The lowest BCUT2D eigenvalue weighted by atomic mass is 9.89. The zero-order chi connectivity index (χ0) is 22.0. The van der Waals surface area contributed by atoms with Crippen molar-refractivity contribution in [3.63, 3.8) is 0 Å². The number of hydrogen-bond acceptors (Lipinski definition) is 3. The van der Waals surface area contributed by atoms with Crippen molar-refractivity contribution in [2.45, 2.75) is 39.0 Å². The van der Waals surface area contributed by atoms with E-state index in [-0.39, 0.29) is 24.2 Å². The molecule has 0 aliphatic heterocycles. The van der Waals surface area contributed by atoms with E-state index in [1.165, 1.54) is 0 Å². The molecule has 0 fully saturated rings. The molecule has 1 heterocycles. The lowest BCUT2D eigenvalue weighted by Gasteiger charge is -2.16. The highest BCUT2D eigenvalue weighted by atomic mass is 127. The van der Waals surface area contributed by atoms with E-state index in [0.29, 0.717) is 12.0 Å². The molecule has 7 heteroatoms. The van der Waals surface area contributed by atoms with Gasteiger partial charge < -0.3 is 10.5 Å². The predicted octanol–water partition coefficient (Wildman–Crippen LogP) is 5.64. The number of primary amides is 1. The Balaban J connectivity index is 2.35. The summed E-state index contributed by atoms with van der Waals surface area (Å²) in [6.45, 7) is 4.07. The smallest absolute Gasteiger partial charge is 0.262 e. The topological polar surface area (TPSA) is 74.3 Å². The minimum atomic E-state index is -0.346. The van der Waals surface area contributed by atoms with Crippen LogP contribution in [-0.4, -0.2) is 23.5 Å². The van der Waals surface area contributed by atoms with Crippen LogP contribution >= 0.6 is 38.5 Å². The first-order valence-electron chi connectivity index (χ1n) is 9.81. The molecule has 3 rings (SSSR count). The van der Waals surface area contributed by atoms with Crippen LogP contribution in [0, 0.1) is 3.57 Å². The van der Waals surface area contributed by atoms with Gasteiger partial charge in [0.2, 0.25) is 5.91 Å². The first-order chi connectivity index (χ1) is 14.3. The molecule has 1 atom stereocenters. The fraction of sp³-hybridized carbons (Fsp3) is 0.304. The molecule has 0 saturated heterocycles. The van der Waals surface area contributed by atoms with Crippen molar-refractivity contribution in [3.8, 4) is 5.75 Å². The molecule has 0 bridgehead atoms. The molecule has 0 spiro atoms. The SMILES string of the molecule is CCc1c(C(CC)CC(N)=O)c2cc(OC)c(I)cc2n1C(=O)c1ccc(Br)cc1. The molecule has 0 saturated carbocycles. The molecule has 0 aliphatic carbocycles. The molecular weight excluding hydrogens is 559 g/mol. The highest BCUT2D eigenvalue weighted by Crippen LogP contribution is 2.39. The van der Waals surface area contributed by atoms with Gasteiger partial charge in [-0.25, -0.2) is 0 Å². The van der Waals surface area contributed by atoms with Gasteiger partial charge in [-0.1, -0.05) is 29.8 Å². The monoisotopic (exact) mass is 582 g/mol. The average molecular weight is 583 g/mol. The summed E-state index contributed by atoms with van der Waals surface area (Å²) in [6.07, 6.45) is 1.64. The van der Waals surface area contributed by atoms with Gasteiger partial charge in [-0.2, -0.15) is 0 Å². The number of amides is 1. The summed E-state index contributed by atoms with van der Waals surface area (Å²) in [5, 5.41) is 0.933. The zero-order valence-corrected chi connectivity index (χ0v) is 20.9. The van der Waals surface area contributed by atoms with Gasteiger partial charge in [0, 0.05) is 27.5 Å². The average Bonchev–Trinajstić information content (AvgIpc) is 3.04. The predicted molar refractivity (Wildman–Crippen MR) is 131 cm³/mol. The number of nitrogens with two attached hydrogens (primary N) is 1. The van der Waals surface area contributed by atoms with Crippen LogP contribution in [0.2, 0.25) is 0 Å². The second-order valence-corrected chi connectivity index (χ2v) is 9.22. The molecule has 1 amide bonds. The lowest BCUT2D eigenvalue weighted by Crippen LogP contribution is -2.18. The summed E-state index contributed by atoms with van der Waals surface area (Å²) in [6, 6.07) is 11.3. The Bertz CT molecular complexity index is 1110. The first kappa shape index (κ1) is 22.8. The Hall–Kier alpha value is -1.87. The Morgan fingerprint density at radius 1 is 1.20 bits per heavy atom. The number of rotatable bonds is 7. The number of hydrogen-bond donors (Lipinski definition) is 1. The molecule has 1 aromatic heterocycles. The number of benzene rings is 2. The second-order valence-electron chi connectivity index (χ2n) is 7.14. The number of nitrogens with zero attached hydrogens (tertiary/aromatic N) is 1. The molecule has 3 aromatic rings. The van der Waals surface area contributed by atoms with E-state index in [4.69, 9.17) is 10.5 Å². The van der Waals surface area contributed by atoms with Gasteiger partial charge in [-0.15, -0.1) is 0 Å². The molecule has 5 nitrogen and oxygen atoms in total. The summed E-state index contributed by atoms with van der Waals surface area (Å²) < 4.78 is 9.17. The highest BCUT2D eigenvalue weighted by Gasteiger charge is 2.27. The summed E-state index contributed by atoms with van der Waals surface area (Å²) in [7, 11) is 1.63. The molecular formula is C23H24BrIN2O3. The Morgan fingerprint density at radius 3 is 2.40 bits per heavy atom. The Kier molecular flexibility index (Phi) is 7.23. The molecule has 30 heavy (non-hydrogen) atoms. The third-order valence-corrected chi connectivity index (χ3v) is 6.73. The largest absolute Gasteiger partial charge is 0.496 e. The lowest BCUT2D eigenvalue weighted by molar-refractivity contribution is -0.118. The van der Waals surface area contributed by atoms with Crippen LogP contribution in [0.15, 0.2) is 40.9 Å². The number of methoxy groups -OCH3 is 1. The number of ether oxygens (including phenoxy) is 1. The number of halogens is 2. The van der Waals surface area contributed by atoms with Crippen LogP contribution in [0.3, 0.4) is 0 Å². The van der Waals surface area contributed by atoms with Crippen LogP contribution in [-0.2, 0) is 11.2 Å². The van der Waals surface area contributed by atoms with Crippen LogP contribution in [0.5, 0.6) is 5.75 Å². The van der Waals surface area contributed by atoms with Crippen molar-refractivity contribution in [1.29, 1.82) is 0 Å². The second kappa shape index (κ2) is 9.51. The Morgan fingerprint density at radius 2 is 1.87 bits per heavy atom. The third-order valence-electron chi connectivity index (χ3n) is 5.36. The van der Waals surface area contributed by atoms with Crippen molar-refractivity contribution in [1.82, 2.24) is 4.57 Å². The number of carbonyl (C=O) groups excluding carboxylic acids is 2. The number of carbonyl (C=O) groups is 2. The molecule has 0 radical (unpaired) electrons. The quantitative estimate of drug-likeness (QED) is 0.367. The third kappa shape index (κ3) is 4.27. The minimum absolute atomic E-state index is 0.0660. The molecule has 2 N–H and O–H groups in total. The maximum atomic E-state index is 13.6. The van der Waals surface area contributed by atoms with Gasteiger partial charge >= 0.3 is 0 Å². The fourth-order valence-electron chi connectivity index (χ4n) is 3.97. The van der Waals surface area contributed by atoms with E-state index in [2.05, 4.69) is 38.5 Å². The fourth-order valence-corrected chi connectivity index (χ4v) is 4.91. The van der Waals surface area contributed by atoms with E-state index in [0.717, 1.165) is 42.4 Å². The van der Waals surface area contributed by atoms with Gasteiger partial charge in [0.1, 0.15) is 5.75 Å².